The van der Waals surface area contributed by atoms with Crippen molar-refractivity contribution in [1.29, 1.82) is 0 Å². The monoisotopic (exact) mass is 947 g/mol. The van der Waals surface area contributed by atoms with Gasteiger partial charge >= 0.3 is 26.3 Å². The number of H-pyrrole nitrogens is 1. The lowest BCUT2D eigenvalue weighted by Gasteiger charge is -2.28. The van der Waals surface area contributed by atoms with E-state index in [2.05, 4.69) is 19.9 Å². The molecule has 0 amide bonds. The molecule has 3 fully saturated rings. The Morgan fingerprint density at radius 1 is 0.937 bits per heavy atom. The van der Waals surface area contributed by atoms with E-state index in [0.717, 1.165) is 28.3 Å². The van der Waals surface area contributed by atoms with Crippen LogP contribution in [0.2, 0.25) is 0 Å². The van der Waals surface area contributed by atoms with Crippen molar-refractivity contribution in [1.82, 2.24) is 29.1 Å². The maximum absolute atomic E-state index is 16.4. The number of halogens is 1. The van der Waals surface area contributed by atoms with Crippen LogP contribution in [-0.2, 0) is 61.5 Å². The van der Waals surface area contributed by atoms with E-state index in [1.54, 1.807) is 12.1 Å². The quantitative estimate of drug-likeness (QED) is 0.0507. The van der Waals surface area contributed by atoms with Crippen LogP contribution < -0.4 is 21.7 Å². The number of hydrogen-bond donors (Lipinski definition) is 4. The molecule has 3 aliphatic heterocycles. The minimum atomic E-state index is -5.10. The fourth-order valence-corrected chi connectivity index (χ4v) is 10.9. The highest BCUT2D eigenvalue weighted by Gasteiger charge is 2.53. The molecule has 1 aromatic carbocycles. The minimum absolute atomic E-state index is 0.00749. The van der Waals surface area contributed by atoms with Crippen LogP contribution in [0, 0.1) is 0 Å². The number of esters is 1. The molecule has 6 heterocycles. The van der Waals surface area contributed by atoms with Crippen LogP contribution >= 0.6 is 26.0 Å². The molecular formula is C35H44FN7O17P2S. The zero-order valence-electron chi connectivity index (χ0n) is 33.2. The lowest BCUT2D eigenvalue weighted by molar-refractivity contribution is -0.140. The standard InChI is InChI=1S/C35H44FN7O17P2S/c36-29-31-25(58-34(29)43-20-40-30-32(37)38-19-39-33(30)43)16-55-62(50,59-23-14-27(42-7-6-26(45)41-35(42)47)57-24(23)15-54-61(48,49)60-31)63-18-21-2-4-22(5-3-21)56-28(46)17-53-13-12-52-11-10-51-9-1-8-44/h2-7,19-20,23-25,27,29,31,34,44H,1,8-18H2,(H,48,49)(H2,37,38,39)(H,41,45,47)/t23-,24+,25+,27+,29+,31+,34+,62?/m0/s1. The molecule has 3 aliphatic rings. The molecular weight excluding hydrogens is 903 g/mol. The summed E-state index contributed by atoms with van der Waals surface area (Å²) in [6.07, 6.45) is -6.76. The SMILES string of the molecule is Nc1ncnc2c1ncn2[C@@H]1O[C@@H]2COP(=O)(SCc3ccc(OC(=O)COCCOCCOCCCO)cc3)O[C@H]3C[C@H](n4ccc(=O)[nH]c4=O)O[C@@H]3COP(=O)(O)O[C@H]2[C@H]1F. The Balaban J connectivity index is 1.03. The lowest BCUT2D eigenvalue weighted by Crippen LogP contribution is -2.35. The predicted molar refractivity (Wildman–Crippen MR) is 215 cm³/mol. The van der Waals surface area contributed by atoms with Gasteiger partial charge in [-0.25, -0.2) is 38.1 Å². The fourth-order valence-electron chi connectivity index (χ4n) is 6.53. The summed E-state index contributed by atoms with van der Waals surface area (Å²) < 4.78 is 103. The van der Waals surface area contributed by atoms with Gasteiger partial charge in [-0.1, -0.05) is 12.1 Å². The van der Waals surface area contributed by atoms with Crippen molar-refractivity contribution in [3.63, 3.8) is 0 Å². The first-order valence-corrected chi connectivity index (χ1v) is 24.0. The maximum atomic E-state index is 16.4. The number of aromatic amines is 1. The highest BCUT2D eigenvalue weighted by Crippen LogP contribution is 2.64. The number of anilines is 1. The van der Waals surface area contributed by atoms with Gasteiger partial charge in [-0.2, -0.15) is 0 Å². The van der Waals surface area contributed by atoms with E-state index in [4.69, 9.17) is 57.4 Å². The van der Waals surface area contributed by atoms with Gasteiger partial charge in [0, 0.05) is 37.7 Å². The number of carbonyl (C=O) groups is 1. The topological polar surface area (TPSA) is 308 Å². The number of nitrogens with zero attached hydrogens (tertiary/aromatic N) is 5. The molecule has 28 heteroatoms. The minimum Gasteiger partial charge on any atom is -0.425 e. The Hall–Kier alpha value is -3.98. The van der Waals surface area contributed by atoms with Crippen molar-refractivity contribution in [2.75, 3.05) is 65.2 Å². The van der Waals surface area contributed by atoms with Gasteiger partial charge < -0.3 is 44.2 Å². The van der Waals surface area contributed by atoms with E-state index in [1.165, 1.54) is 29.2 Å². The van der Waals surface area contributed by atoms with E-state index in [9.17, 15) is 28.4 Å². The predicted octanol–water partition coefficient (Wildman–Crippen LogP) is 1.78. The second-order valence-corrected chi connectivity index (χ2v) is 19.4. The summed E-state index contributed by atoms with van der Waals surface area (Å²) in [5.74, 6) is -0.454. The van der Waals surface area contributed by atoms with E-state index < -0.39 is 88.1 Å². The van der Waals surface area contributed by atoms with Crippen molar-refractivity contribution in [2.24, 2.45) is 0 Å². The van der Waals surface area contributed by atoms with Gasteiger partial charge in [0.15, 0.2) is 23.9 Å². The third-order valence-corrected chi connectivity index (χ3v) is 14.2. The van der Waals surface area contributed by atoms with Gasteiger partial charge in [0.25, 0.3) is 5.56 Å². The van der Waals surface area contributed by atoms with Gasteiger partial charge in [-0.05, 0) is 35.5 Å². The number of carbonyl (C=O) groups excluding carboxylic acids is 1. The molecule has 24 nitrogen and oxygen atoms in total. The van der Waals surface area contributed by atoms with E-state index >= 15 is 4.39 Å². The number of rotatable bonds is 17. The summed E-state index contributed by atoms with van der Waals surface area (Å²) in [6, 6.07) is 7.32. The Kier molecular flexibility index (Phi) is 15.9. The Labute approximate surface area is 360 Å². The zero-order chi connectivity index (χ0) is 44.6. The number of alkyl halides is 1. The van der Waals surface area contributed by atoms with Crippen LogP contribution in [0.25, 0.3) is 11.2 Å². The van der Waals surface area contributed by atoms with Crippen LogP contribution in [0.3, 0.4) is 0 Å². The largest absolute Gasteiger partial charge is 0.472 e. The number of nitrogen functional groups attached to an aromatic ring is 1. The molecule has 0 aliphatic carbocycles. The highest BCUT2D eigenvalue weighted by atomic mass is 32.7. The van der Waals surface area contributed by atoms with Crippen LogP contribution in [0.5, 0.6) is 5.75 Å². The average molecular weight is 948 g/mol. The fraction of sp³-hybridized carbons (Fsp3) is 0.543. The summed E-state index contributed by atoms with van der Waals surface area (Å²) in [4.78, 5) is 61.8. The molecule has 7 rings (SSSR count). The van der Waals surface area contributed by atoms with Crippen molar-refractivity contribution in [3.05, 3.63) is 75.6 Å². The molecule has 0 saturated carbocycles. The number of fused-ring (bicyclic) bond motifs is 3. The first-order valence-electron chi connectivity index (χ1n) is 19.4. The molecule has 3 aromatic heterocycles. The molecule has 0 bridgehead atoms. The second kappa shape index (κ2) is 21.3. The van der Waals surface area contributed by atoms with Gasteiger partial charge in [-0.3, -0.25) is 37.0 Å². The van der Waals surface area contributed by atoms with Gasteiger partial charge in [0.05, 0.1) is 46.0 Å². The number of aliphatic hydroxyl groups excluding tert-OH is 1. The van der Waals surface area contributed by atoms with Gasteiger partial charge in [0.2, 0.25) is 0 Å². The van der Waals surface area contributed by atoms with Crippen LogP contribution in [0.1, 0.15) is 30.9 Å². The lowest BCUT2D eigenvalue weighted by atomic mass is 10.1. The third-order valence-electron chi connectivity index (χ3n) is 9.54. The van der Waals surface area contributed by atoms with Crippen molar-refractivity contribution in [3.8, 4) is 5.75 Å². The molecule has 0 spiro atoms. The third kappa shape index (κ3) is 12.2. The van der Waals surface area contributed by atoms with Crippen molar-refractivity contribution < 1.29 is 74.8 Å². The van der Waals surface area contributed by atoms with E-state index in [0.29, 0.717) is 31.8 Å². The van der Waals surface area contributed by atoms with Crippen LogP contribution in [-0.4, -0.2) is 135 Å². The number of aromatic nitrogens is 6. The number of phosphoric ester groups is 1. The number of nitrogens with two attached hydrogens (primary N) is 1. The number of hydrogen-bond acceptors (Lipinski definition) is 21. The summed E-state index contributed by atoms with van der Waals surface area (Å²) in [5, 5.41) is 8.75. The summed E-state index contributed by atoms with van der Waals surface area (Å²) in [5.41, 5.74) is 5.22. The molecule has 5 N–H and O–H groups in total. The molecule has 63 heavy (non-hydrogen) atoms. The summed E-state index contributed by atoms with van der Waals surface area (Å²) in [6.45, 7) is -4.56. The highest BCUT2D eigenvalue weighted by molar-refractivity contribution is 8.54. The normalized spacial score (nSPS) is 28.8. The maximum Gasteiger partial charge on any atom is 0.472 e. The van der Waals surface area contributed by atoms with Gasteiger partial charge in [0.1, 0.15) is 54.8 Å². The zero-order valence-corrected chi connectivity index (χ0v) is 35.8. The first kappa shape index (κ1) is 47.0. The number of phosphoric acid groups is 1. The molecule has 344 valence electrons. The molecule has 3 saturated heterocycles. The number of aliphatic hydroxyl groups is 1. The number of nitrogens with one attached hydrogen (secondary N) is 1. The molecule has 2 unspecified atom stereocenters. The van der Waals surface area contributed by atoms with Crippen LogP contribution in [0.15, 0.2) is 58.8 Å². The first-order chi connectivity index (χ1) is 30.3. The number of ether oxygens (including phenoxy) is 6. The second-order valence-electron chi connectivity index (χ2n) is 13.9. The van der Waals surface area contributed by atoms with E-state index in [-0.39, 0.29) is 61.3 Å². The summed E-state index contributed by atoms with van der Waals surface area (Å²) in [7, 11) is -5.10. The van der Waals surface area contributed by atoms with E-state index in [1.807, 2.05) is 0 Å². The molecule has 0 radical (unpaired) electrons. The average Bonchev–Trinajstić information content (AvgIpc) is 3.95. The molecule has 9 atom stereocenters. The van der Waals surface area contributed by atoms with Gasteiger partial charge in [-0.15, -0.1) is 0 Å². The number of benzene rings is 1. The number of imidazole rings is 1. The Morgan fingerprint density at radius 3 is 2.44 bits per heavy atom. The van der Waals surface area contributed by atoms with Crippen LogP contribution in [0.4, 0.5) is 10.2 Å². The van der Waals surface area contributed by atoms with Crippen molar-refractivity contribution >= 4 is 49.0 Å². The Morgan fingerprint density at radius 2 is 1.68 bits per heavy atom. The summed E-state index contributed by atoms with van der Waals surface area (Å²) >= 11 is 0.736. The molecule has 4 aromatic rings. The van der Waals surface area contributed by atoms with Crippen molar-refractivity contribution in [2.45, 2.75) is 61.6 Å². The smallest absolute Gasteiger partial charge is 0.425 e. The Bertz CT molecular complexity index is 2400.